The van der Waals surface area contributed by atoms with E-state index >= 15 is 0 Å². The lowest BCUT2D eigenvalue weighted by Gasteiger charge is -2.38. The Bertz CT molecular complexity index is 454. The van der Waals surface area contributed by atoms with E-state index in [1.165, 1.54) is 25.7 Å². The number of aliphatic imine (C=N–C) groups is 1. The number of likely N-dealkylation sites (tertiary alicyclic amines) is 1. The van der Waals surface area contributed by atoms with Gasteiger partial charge in [0.25, 0.3) is 0 Å². The van der Waals surface area contributed by atoms with Crippen molar-refractivity contribution >= 4 is 11.9 Å². The van der Waals surface area contributed by atoms with Crippen molar-refractivity contribution in [2.75, 3.05) is 46.9 Å². The molecule has 2 heterocycles. The first kappa shape index (κ1) is 16.6. The normalized spacial score (nSPS) is 26.4. The summed E-state index contributed by atoms with van der Waals surface area (Å²) in [7, 11) is 3.55. The Morgan fingerprint density at radius 1 is 1.35 bits per heavy atom. The molecule has 23 heavy (non-hydrogen) atoms. The molecule has 1 amide bonds. The van der Waals surface area contributed by atoms with Gasteiger partial charge in [-0.25, -0.2) is 4.99 Å². The molecule has 0 radical (unpaired) electrons. The second-order valence-corrected chi connectivity index (χ2v) is 7.47. The standard InChI is InChI=1S/C17H30N4O2/c1-20(2)15(22)12-19-16(18-11-14-5-3-10-23-14)21-9-8-17(13-21)6-4-7-17/h14H,3-13H2,1-2H3,(H,18,19). The smallest absolute Gasteiger partial charge is 0.243 e. The number of nitrogens with zero attached hydrogens (tertiary/aromatic N) is 3. The minimum atomic E-state index is 0.0407. The zero-order valence-corrected chi connectivity index (χ0v) is 14.5. The van der Waals surface area contributed by atoms with E-state index in [1.807, 2.05) is 0 Å². The van der Waals surface area contributed by atoms with Crippen molar-refractivity contribution in [1.29, 1.82) is 0 Å². The number of hydrogen-bond donors (Lipinski definition) is 1. The van der Waals surface area contributed by atoms with Gasteiger partial charge in [-0.15, -0.1) is 0 Å². The Kier molecular flexibility index (Phi) is 5.09. The molecule has 2 saturated heterocycles. The summed E-state index contributed by atoms with van der Waals surface area (Å²) in [6.07, 6.45) is 7.85. The molecular formula is C17H30N4O2. The molecule has 130 valence electrons. The van der Waals surface area contributed by atoms with Crippen LogP contribution >= 0.6 is 0 Å². The van der Waals surface area contributed by atoms with Gasteiger partial charge in [-0.2, -0.15) is 0 Å². The highest BCUT2D eigenvalue weighted by Crippen LogP contribution is 2.47. The summed E-state index contributed by atoms with van der Waals surface area (Å²) in [5.74, 6) is 0.929. The maximum Gasteiger partial charge on any atom is 0.243 e. The number of carbonyl (C=O) groups excluding carboxylic acids is 1. The van der Waals surface area contributed by atoms with Crippen LogP contribution in [0, 0.1) is 5.41 Å². The van der Waals surface area contributed by atoms with Crippen molar-refractivity contribution in [3.05, 3.63) is 0 Å². The summed E-state index contributed by atoms with van der Waals surface area (Å²) in [5.41, 5.74) is 0.526. The third-order valence-corrected chi connectivity index (χ3v) is 5.53. The molecule has 3 aliphatic rings. The van der Waals surface area contributed by atoms with Gasteiger partial charge in [0.1, 0.15) is 6.54 Å². The molecule has 3 fully saturated rings. The highest BCUT2D eigenvalue weighted by atomic mass is 16.5. The van der Waals surface area contributed by atoms with E-state index in [9.17, 15) is 4.79 Å². The predicted molar refractivity (Wildman–Crippen MR) is 90.4 cm³/mol. The highest BCUT2D eigenvalue weighted by Gasteiger charge is 2.43. The quantitative estimate of drug-likeness (QED) is 0.621. The van der Waals surface area contributed by atoms with Crippen molar-refractivity contribution in [1.82, 2.24) is 15.1 Å². The van der Waals surface area contributed by atoms with Gasteiger partial charge in [0.15, 0.2) is 5.96 Å². The highest BCUT2D eigenvalue weighted by molar-refractivity contribution is 5.85. The van der Waals surface area contributed by atoms with E-state index in [2.05, 4.69) is 15.2 Å². The van der Waals surface area contributed by atoms with Crippen LogP contribution in [-0.4, -0.2) is 74.7 Å². The Morgan fingerprint density at radius 3 is 2.74 bits per heavy atom. The van der Waals surface area contributed by atoms with Gasteiger partial charge in [0.2, 0.25) is 5.91 Å². The van der Waals surface area contributed by atoms with Gasteiger partial charge < -0.3 is 19.9 Å². The predicted octanol–water partition coefficient (Wildman–Crippen LogP) is 1.08. The topological polar surface area (TPSA) is 57.2 Å². The molecule has 0 bridgehead atoms. The summed E-state index contributed by atoms with van der Waals surface area (Å²) in [4.78, 5) is 20.4. The fourth-order valence-corrected chi connectivity index (χ4v) is 3.76. The zero-order chi connectivity index (χ0) is 16.3. The fourth-order valence-electron chi connectivity index (χ4n) is 3.76. The molecule has 2 aliphatic heterocycles. The maximum atomic E-state index is 11.9. The largest absolute Gasteiger partial charge is 0.376 e. The van der Waals surface area contributed by atoms with Crippen molar-refractivity contribution in [2.24, 2.45) is 10.4 Å². The van der Waals surface area contributed by atoms with Gasteiger partial charge in [0, 0.05) is 40.3 Å². The zero-order valence-electron chi connectivity index (χ0n) is 14.5. The Labute approximate surface area is 139 Å². The minimum Gasteiger partial charge on any atom is -0.376 e. The van der Waals surface area contributed by atoms with Crippen LogP contribution in [-0.2, 0) is 9.53 Å². The third-order valence-electron chi connectivity index (χ3n) is 5.53. The minimum absolute atomic E-state index is 0.0407. The number of ether oxygens (including phenoxy) is 1. The van der Waals surface area contributed by atoms with Crippen LogP contribution in [0.25, 0.3) is 0 Å². The van der Waals surface area contributed by atoms with Crippen LogP contribution in [0.5, 0.6) is 0 Å². The molecule has 0 aromatic heterocycles. The lowest BCUT2D eigenvalue weighted by molar-refractivity contribution is -0.127. The molecule has 1 saturated carbocycles. The van der Waals surface area contributed by atoms with E-state index in [4.69, 9.17) is 4.74 Å². The molecule has 1 N–H and O–H groups in total. The fraction of sp³-hybridized carbons (Fsp3) is 0.882. The SMILES string of the molecule is CN(C)C(=O)CN=C(NCC1CCCO1)N1CCC2(CCC2)C1. The van der Waals surface area contributed by atoms with E-state index < -0.39 is 0 Å². The summed E-state index contributed by atoms with van der Waals surface area (Å²) in [5, 5.41) is 3.46. The van der Waals surface area contributed by atoms with Crippen molar-refractivity contribution in [3.63, 3.8) is 0 Å². The molecule has 1 unspecified atom stereocenters. The average Bonchev–Trinajstić information content (AvgIpc) is 3.15. The second-order valence-electron chi connectivity index (χ2n) is 7.47. The van der Waals surface area contributed by atoms with Crippen molar-refractivity contribution < 1.29 is 9.53 Å². The average molecular weight is 322 g/mol. The van der Waals surface area contributed by atoms with Crippen molar-refractivity contribution in [2.45, 2.75) is 44.6 Å². The van der Waals surface area contributed by atoms with Crippen molar-refractivity contribution in [3.8, 4) is 0 Å². The van der Waals surface area contributed by atoms with Gasteiger partial charge in [0.05, 0.1) is 6.10 Å². The van der Waals surface area contributed by atoms with Crippen LogP contribution in [0.1, 0.15) is 38.5 Å². The number of nitrogens with one attached hydrogen (secondary N) is 1. The summed E-state index contributed by atoms with van der Waals surface area (Å²) >= 11 is 0. The van der Waals surface area contributed by atoms with Crippen LogP contribution < -0.4 is 5.32 Å². The molecule has 1 spiro atoms. The first-order valence-electron chi connectivity index (χ1n) is 8.93. The third kappa shape index (κ3) is 3.97. The van der Waals surface area contributed by atoms with E-state index in [-0.39, 0.29) is 18.6 Å². The van der Waals surface area contributed by atoms with Gasteiger partial charge in [-0.3, -0.25) is 4.79 Å². The number of likely N-dealkylation sites (N-methyl/N-ethyl adjacent to an activating group) is 1. The summed E-state index contributed by atoms with van der Waals surface area (Å²) in [6, 6.07) is 0. The molecule has 6 heteroatoms. The van der Waals surface area contributed by atoms with Crippen LogP contribution in [0.4, 0.5) is 0 Å². The maximum absolute atomic E-state index is 11.9. The second kappa shape index (κ2) is 7.07. The van der Waals surface area contributed by atoms with Crippen LogP contribution in [0.2, 0.25) is 0 Å². The van der Waals surface area contributed by atoms with E-state index in [1.54, 1.807) is 19.0 Å². The van der Waals surface area contributed by atoms with Crippen LogP contribution in [0.15, 0.2) is 4.99 Å². The molecule has 1 aliphatic carbocycles. The summed E-state index contributed by atoms with van der Waals surface area (Å²) < 4.78 is 5.69. The number of carbonyl (C=O) groups is 1. The first-order valence-corrected chi connectivity index (χ1v) is 8.93. The molecular weight excluding hydrogens is 292 g/mol. The first-order chi connectivity index (χ1) is 11.1. The van der Waals surface area contributed by atoms with Gasteiger partial charge in [-0.1, -0.05) is 6.42 Å². The molecule has 0 aromatic rings. The van der Waals surface area contributed by atoms with Gasteiger partial charge >= 0.3 is 0 Å². The number of guanidine groups is 1. The van der Waals surface area contributed by atoms with E-state index in [0.717, 1.165) is 45.0 Å². The van der Waals surface area contributed by atoms with E-state index in [0.29, 0.717) is 5.41 Å². The lowest BCUT2D eigenvalue weighted by atomic mass is 9.68. The van der Waals surface area contributed by atoms with Crippen LogP contribution in [0.3, 0.4) is 0 Å². The molecule has 1 atom stereocenters. The Balaban J connectivity index is 1.60. The monoisotopic (exact) mass is 322 g/mol. The number of amides is 1. The Hall–Kier alpha value is -1.30. The molecule has 3 rings (SSSR count). The lowest BCUT2D eigenvalue weighted by Crippen LogP contribution is -2.45. The number of rotatable bonds is 4. The Morgan fingerprint density at radius 2 is 2.17 bits per heavy atom. The molecule has 6 nitrogen and oxygen atoms in total. The van der Waals surface area contributed by atoms with Gasteiger partial charge in [-0.05, 0) is 37.5 Å². The summed E-state index contributed by atoms with van der Waals surface area (Å²) in [6.45, 7) is 4.00. The number of hydrogen-bond acceptors (Lipinski definition) is 3. The molecule has 0 aromatic carbocycles.